The molecule has 2 aromatic carbocycles. The number of aryl methyl sites for hydroxylation is 2. The number of benzene rings is 2. The highest BCUT2D eigenvalue weighted by molar-refractivity contribution is 5.74. The van der Waals surface area contributed by atoms with Crippen LogP contribution in [0, 0.1) is 6.92 Å². The molecule has 35 heavy (non-hydrogen) atoms. The summed E-state index contributed by atoms with van der Waals surface area (Å²) < 4.78 is 11.8. The summed E-state index contributed by atoms with van der Waals surface area (Å²) in [5.74, 6) is 1.11. The molecule has 3 aromatic rings. The molecule has 0 saturated heterocycles. The van der Waals surface area contributed by atoms with E-state index in [0.29, 0.717) is 31.1 Å². The number of oxazole rings is 1. The van der Waals surface area contributed by atoms with Gasteiger partial charge in [0, 0.05) is 30.5 Å². The second kappa shape index (κ2) is 11.6. The lowest BCUT2D eigenvalue weighted by molar-refractivity contribution is -0.136. The molecule has 0 aliphatic heterocycles. The van der Waals surface area contributed by atoms with Crippen molar-refractivity contribution in [2.75, 3.05) is 6.61 Å². The van der Waals surface area contributed by atoms with Gasteiger partial charge >= 0.3 is 12.0 Å². The zero-order valence-electron chi connectivity index (χ0n) is 20.7. The van der Waals surface area contributed by atoms with Gasteiger partial charge in [0.25, 0.3) is 0 Å². The largest absolute Gasteiger partial charge is 0.493 e. The van der Waals surface area contributed by atoms with Gasteiger partial charge in [-0.25, -0.2) is 9.78 Å². The summed E-state index contributed by atoms with van der Waals surface area (Å²) in [6, 6.07) is 15.0. The van der Waals surface area contributed by atoms with Crippen molar-refractivity contribution >= 4 is 12.0 Å². The lowest BCUT2D eigenvalue weighted by Crippen LogP contribution is -2.46. The quantitative estimate of drug-likeness (QED) is 0.382. The van der Waals surface area contributed by atoms with Crippen LogP contribution in [0.25, 0.3) is 11.5 Å². The van der Waals surface area contributed by atoms with Crippen LogP contribution in [0.1, 0.15) is 49.8 Å². The second-order valence-corrected chi connectivity index (χ2v) is 9.37. The number of aliphatic carboxylic acids is 1. The van der Waals surface area contributed by atoms with Gasteiger partial charge in [-0.15, -0.1) is 0 Å². The van der Waals surface area contributed by atoms with Crippen molar-refractivity contribution in [1.29, 1.82) is 0 Å². The van der Waals surface area contributed by atoms with E-state index in [-0.39, 0.29) is 24.5 Å². The van der Waals surface area contributed by atoms with Gasteiger partial charge in [-0.05, 0) is 69.5 Å². The molecule has 0 unspecified atom stereocenters. The Morgan fingerprint density at radius 1 is 1.06 bits per heavy atom. The third-order valence-corrected chi connectivity index (χ3v) is 5.23. The standard InChI is InChI=1S/C27H33N3O5/c1-18-23(29-25(35-18)20-8-6-5-7-9-20)14-15-34-22-12-10-19(11-13-24(31)32)21(16-22)17-28-26(33)30-27(2,3)4/h5-10,12,16H,11,13-15,17H2,1-4H3,(H,31,32)(H2,28,30,33). The third kappa shape index (κ3) is 8.17. The van der Waals surface area contributed by atoms with E-state index in [1.54, 1.807) is 0 Å². The Balaban J connectivity index is 1.64. The molecule has 0 bridgehead atoms. The molecule has 0 fully saturated rings. The third-order valence-electron chi connectivity index (χ3n) is 5.23. The summed E-state index contributed by atoms with van der Waals surface area (Å²) in [6.07, 6.45) is 0.953. The van der Waals surface area contributed by atoms with Crippen LogP contribution >= 0.6 is 0 Å². The zero-order chi connectivity index (χ0) is 25.4. The van der Waals surface area contributed by atoms with Crippen LogP contribution in [-0.2, 0) is 24.2 Å². The molecule has 0 aliphatic carbocycles. The molecule has 0 spiro atoms. The number of carboxylic acid groups (broad SMARTS) is 1. The van der Waals surface area contributed by atoms with Crippen molar-refractivity contribution in [2.24, 2.45) is 0 Å². The van der Waals surface area contributed by atoms with Crippen LogP contribution in [0.5, 0.6) is 5.75 Å². The minimum Gasteiger partial charge on any atom is -0.493 e. The molecule has 0 radical (unpaired) electrons. The van der Waals surface area contributed by atoms with Gasteiger partial charge in [0.15, 0.2) is 0 Å². The number of nitrogens with zero attached hydrogens (tertiary/aromatic N) is 1. The SMILES string of the molecule is Cc1oc(-c2ccccc2)nc1CCOc1ccc(CCC(=O)O)c(CNC(=O)NC(C)(C)C)c1. The maximum atomic E-state index is 12.2. The van der Waals surface area contributed by atoms with Crippen LogP contribution in [-0.4, -0.2) is 34.2 Å². The highest BCUT2D eigenvalue weighted by atomic mass is 16.5. The van der Waals surface area contributed by atoms with Gasteiger partial charge in [-0.2, -0.15) is 0 Å². The predicted molar refractivity (Wildman–Crippen MR) is 133 cm³/mol. The normalized spacial score (nSPS) is 11.2. The average molecular weight is 480 g/mol. The number of carbonyl (C=O) groups excluding carboxylic acids is 1. The molecule has 3 N–H and O–H groups in total. The lowest BCUT2D eigenvalue weighted by atomic mass is 10.0. The Kier molecular flexibility index (Phi) is 8.52. The zero-order valence-corrected chi connectivity index (χ0v) is 20.7. The van der Waals surface area contributed by atoms with E-state index in [2.05, 4.69) is 15.6 Å². The fraction of sp³-hybridized carbons (Fsp3) is 0.370. The molecule has 186 valence electrons. The summed E-state index contributed by atoms with van der Waals surface area (Å²) in [4.78, 5) is 27.9. The van der Waals surface area contributed by atoms with Crippen molar-refractivity contribution in [3.8, 4) is 17.2 Å². The minimum atomic E-state index is -0.868. The van der Waals surface area contributed by atoms with Crippen molar-refractivity contribution in [1.82, 2.24) is 15.6 Å². The van der Waals surface area contributed by atoms with E-state index in [9.17, 15) is 9.59 Å². The van der Waals surface area contributed by atoms with Crippen molar-refractivity contribution in [3.63, 3.8) is 0 Å². The Labute approximate surface area is 205 Å². The highest BCUT2D eigenvalue weighted by Crippen LogP contribution is 2.23. The van der Waals surface area contributed by atoms with E-state index in [0.717, 1.165) is 28.1 Å². The topological polar surface area (TPSA) is 114 Å². The van der Waals surface area contributed by atoms with Gasteiger partial charge in [0.2, 0.25) is 5.89 Å². The Morgan fingerprint density at radius 3 is 2.49 bits per heavy atom. The summed E-state index contributed by atoms with van der Waals surface area (Å²) in [5, 5.41) is 14.8. The number of carbonyl (C=O) groups is 2. The monoisotopic (exact) mass is 479 g/mol. The van der Waals surface area contributed by atoms with E-state index in [1.165, 1.54) is 0 Å². The first-order valence-electron chi connectivity index (χ1n) is 11.6. The van der Waals surface area contributed by atoms with Gasteiger partial charge in [-0.3, -0.25) is 4.79 Å². The van der Waals surface area contributed by atoms with E-state index in [4.69, 9.17) is 14.3 Å². The summed E-state index contributed by atoms with van der Waals surface area (Å²) in [7, 11) is 0. The Hall–Kier alpha value is -3.81. The summed E-state index contributed by atoms with van der Waals surface area (Å²) in [6.45, 7) is 8.25. The van der Waals surface area contributed by atoms with E-state index >= 15 is 0 Å². The molecule has 8 heteroatoms. The number of hydrogen-bond acceptors (Lipinski definition) is 5. The number of nitrogens with one attached hydrogen (secondary N) is 2. The number of hydrogen-bond donors (Lipinski definition) is 3. The highest BCUT2D eigenvalue weighted by Gasteiger charge is 2.15. The van der Waals surface area contributed by atoms with Crippen LogP contribution in [0.2, 0.25) is 0 Å². The number of carboxylic acids is 1. The maximum absolute atomic E-state index is 12.2. The number of urea groups is 1. The first-order valence-corrected chi connectivity index (χ1v) is 11.6. The average Bonchev–Trinajstić information content (AvgIpc) is 3.17. The predicted octanol–water partition coefficient (Wildman–Crippen LogP) is 4.89. The smallest absolute Gasteiger partial charge is 0.315 e. The molecular formula is C27H33N3O5. The molecule has 0 aliphatic rings. The molecule has 8 nitrogen and oxygen atoms in total. The van der Waals surface area contributed by atoms with Gasteiger partial charge < -0.3 is 24.9 Å². The summed E-state index contributed by atoms with van der Waals surface area (Å²) >= 11 is 0. The lowest BCUT2D eigenvalue weighted by Gasteiger charge is -2.21. The summed E-state index contributed by atoms with van der Waals surface area (Å²) in [5.41, 5.74) is 3.07. The molecule has 1 heterocycles. The van der Waals surface area contributed by atoms with Gasteiger partial charge in [0.05, 0.1) is 12.3 Å². The number of aromatic nitrogens is 1. The van der Waals surface area contributed by atoms with Crippen LogP contribution < -0.4 is 15.4 Å². The minimum absolute atomic E-state index is 0.0105. The van der Waals surface area contributed by atoms with Crippen LogP contribution in [0.4, 0.5) is 4.79 Å². The molecule has 0 atom stereocenters. The molecule has 1 aromatic heterocycles. The van der Waals surface area contributed by atoms with Gasteiger partial charge in [0.1, 0.15) is 11.5 Å². The van der Waals surface area contributed by atoms with E-state index < -0.39 is 5.97 Å². The number of rotatable bonds is 10. The fourth-order valence-electron chi connectivity index (χ4n) is 3.53. The Bertz CT molecular complexity index is 1150. The van der Waals surface area contributed by atoms with Crippen molar-refractivity contribution < 1.29 is 23.8 Å². The molecule has 2 amide bonds. The van der Waals surface area contributed by atoms with Crippen LogP contribution in [0.3, 0.4) is 0 Å². The van der Waals surface area contributed by atoms with Crippen molar-refractivity contribution in [2.45, 2.75) is 59.0 Å². The fourth-order valence-corrected chi connectivity index (χ4v) is 3.53. The van der Waals surface area contributed by atoms with Gasteiger partial charge in [-0.1, -0.05) is 24.3 Å². The molecule has 0 saturated carbocycles. The molecule has 3 rings (SSSR count). The second-order valence-electron chi connectivity index (χ2n) is 9.37. The number of amides is 2. The van der Waals surface area contributed by atoms with Crippen molar-refractivity contribution in [3.05, 3.63) is 71.1 Å². The Morgan fingerprint density at radius 2 is 1.80 bits per heavy atom. The first kappa shape index (κ1) is 25.8. The molecular weight excluding hydrogens is 446 g/mol. The van der Waals surface area contributed by atoms with E-state index in [1.807, 2.05) is 76.2 Å². The maximum Gasteiger partial charge on any atom is 0.315 e. The first-order chi connectivity index (χ1) is 16.6. The van der Waals surface area contributed by atoms with Crippen LogP contribution in [0.15, 0.2) is 52.9 Å². The number of ether oxygens (including phenoxy) is 1.